The summed E-state index contributed by atoms with van der Waals surface area (Å²) in [5, 5.41) is 0.243. The minimum atomic E-state index is -4.54. The van der Waals surface area contributed by atoms with Crippen LogP contribution in [-0.4, -0.2) is 15.0 Å². The molecule has 8 heteroatoms. The standard InChI is InChI=1S/C10H5ClF3N3O/c11-8-2-1-6(5-16-8)18-9-15-4-3-7(17-9)10(12,13)14/h1-5H. The van der Waals surface area contributed by atoms with Crippen molar-refractivity contribution in [2.24, 2.45) is 0 Å². The van der Waals surface area contributed by atoms with Crippen LogP contribution in [0, 0.1) is 0 Å². The van der Waals surface area contributed by atoms with Crippen LogP contribution in [0.3, 0.4) is 0 Å². The smallest absolute Gasteiger partial charge is 0.423 e. The molecule has 2 rings (SSSR count). The Balaban J connectivity index is 2.22. The van der Waals surface area contributed by atoms with Crippen molar-refractivity contribution in [3.8, 4) is 11.8 Å². The van der Waals surface area contributed by atoms with Gasteiger partial charge in [-0.15, -0.1) is 0 Å². The predicted molar refractivity (Wildman–Crippen MR) is 56.4 cm³/mol. The maximum absolute atomic E-state index is 12.4. The van der Waals surface area contributed by atoms with Crippen LogP contribution in [0.4, 0.5) is 13.2 Å². The van der Waals surface area contributed by atoms with E-state index >= 15 is 0 Å². The first-order valence-electron chi connectivity index (χ1n) is 4.65. The third-order valence-electron chi connectivity index (χ3n) is 1.83. The van der Waals surface area contributed by atoms with Crippen LogP contribution in [0.2, 0.25) is 5.15 Å². The molecule has 18 heavy (non-hydrogen) atoms. The third kappa shape index (κ3) is 3.07. The van der Waals surface area contributed by atoms with E-state index < -0.39 is 17.9 Å². The van der Waals surface area contributed by atoms with E-state index in [1.807, 2.05) is 0 Å². The number of pyridine rings is 1. The molecule has 0 aliphatic rings. The summed E-state index contributed by atoms with van der Waals surface area (Å²) in [7, 11) is 0. The quantitative estimate of drug-likeness (QED) is 0.789. The summed E-state index contributed by atoms with van der Waals surface area (Å²) in [6.07, 6.45) is -2.32. The van der Waals surface area contributed by atoms with E-state index in [1.54, 1.807) is 0 Å². The van der Waals surface area contributed by atoms with Gasteiger partial charge in [0.15, 0.2) is 5.69 Å². The molecule has 0 N–H and O–H groups in total. The molecule has 0 bridgehead atoms. The SMILES string of the molecule is FC(F)(F)c1ccnc(Oc2ccc(Cl)nc2)n1. The van der Waals surface area contributed by atoms with Crippen molar-refractivity contribution in [2.45, 2.75) is 6.18 Å². The summed E-state index contributed by atoms with van der Waals surface area (Å²) < 4.78 is 42.2. The Labute approximate surface area is 104 Å². The molecule has 4 nitrogen and oxygen atoms in total. The number of nitrogens with zero attached hydrogens (tertiary/aromatic N) is 3. The lowest BCUT2D eigenvalue weighted by Crippen LogP contribution is -2.08. The van der Waals surface area contributed by atoms with Crippen molar-refractivity contribution >= 4 is 11.6 Å². The fraction of sp³-hybridized carbons (Fsp3) is 0.100. The molecule has 0 aromatic carbocycles. The van der Waals surface area contributed by atoms with Gasteiger partial charge in [0, 0.05) is 6.20 Å². The zero-order valence-electron chi connectivity index (χ0n) is 8.65. The van der Waals surface area contributed by atoms with Gasteiger partial charge >= 0.3 is 12.2 Å². The van der Waals surface area contributed by atoms with Gasteiger partial charge in [-0.25, -0.2) is 9.97 Å². The van der Waals surface area contributed by atoms with Crippen LogP contribution >= 0.6 is 11.6 Å². The van der Waals surface area contributed by atoms with Crippen molar-refractivity contribution in [3.63, 3.8) is 0 Å². The predicted octanol–water partition coefficient (Wildman–Crippen LogP) is 3.34. The van der Waals surface area contributed by atoms with Crippen molar-refractivity contribution in [1.29, 1.82) is 0 Å². The first kappa shape index (κ1) is 12.6. The highest BCUT2D eigenvalue weighted by molar-refractivity contribution is 6.29. The normalized spacial score (nSPS) is 11.3. The number of rotatable bonds is 2. The molecular weight excluding hydrogens is 271 g/mol. The molecule has 0 atom stereocenters. The first-order chi connectivity index (χ1) is 8.45. The molecule has 0 fully saturated rings. The van der Waals surface area contributed by atoms with Gasteiger partial charge < -0.3 is 4.74 Å². The van der Waals surface area contributed by atoms with Crippen molar-refractivity contribution in [2.75, 3.05) is 0 Å². The van der Waals surface area contributed by atoms with Crippen LogP contribution in [-0.2, 0) is 6.18 Å². The van der Waals surface area contributed by atoms with Crippen LogP contribution < -0.4 is 4.74 Å². The average molecular weight is 276 g/mol. The van der Waals surface area contributed by atoms with E-state index in [-0.39, 0.29) is 10.9 Å². The molecule has 0 spiro atoms. The fourth-order valence-electron chi connectivity index (χ4n) is 1.08. The number of ether oxygens (including phenoxy) is 1. The first-order valence-corrected chi connectivity index (χ1v) is 5.02. The summed E-state index contributed by atoms with van der Waals surface area (Å²) in [5.41, 5.74) is -1.07. The Bertz CT molecular complexity index is 545. The molecule has 0 aliphatic carbocycles. The lowest BCUT2D eigenvalue weighted by molar-refractivity contribution is -0.141. The Hall–Kier alpha value is -1.89. The topological polar surface area (TPSA) is 47.9 Å². The molecule has 2 aromatic rings. The maximum Gasteiger partial charge on any atom is 0.433 e. The van der Waals surface area contributed by atoms with Crippen LogP contribution in [0.5, 0.6) is 11.8 Å². The zero-order valence-corrected chi connectivity index (χ0v) is 9.40. The van der Waals surface area contributed by atoms with Gasteiger partial charge in [-0.05, 0) is 18.2 Å². The van der Waals surface area contributed by atoms with Gasteiger partial charge in [-0.1, -0.05) is 11.6 Å². The molecule has 0 aliphatic heterocycles. The van der Waals surface area contributed by atoms with Crippen molar-refractivity contribution in [3.05, 3.63) is 41.4 Å². The van der Waals surface area contributed by atoms with Crippen LogP contribution in [0.25, 0.3) is 0 Å². The van der Waals surface area contributed by atoms with E-state index in [9.17, 15) is 13.2 Å². The number of alkyl halides is 3. The molecule has 94 valence electrons. The monoisotopic (exact) mass is 275 g/mol. The second-order valence-electron chi connectivity index (χ2n) is 3.14. The number of hydrogen-bond acceptors (Lipinski definition) is 4. The van der Waals surface area contributed by atoms with E-state index in [0.29, 0.717) is 0 Å². The van der Waals surface area contributed by atoms with Gasteiger partial charge in [0.2, 0.25) is 0 Å². The van der Waals surface area contributed by atoms with Gasteiger partial charge in [-0.2, -0.15) is 18.2 Å². The lowest BCUT2D eigenvalue weighted by Gasteiger charge is -2.07. The van der Waals surface area contributed by atoms with Crippen molar-refractivity contribution < 1.29 is 17.9 Å². The summed E-state index contributed by atoms with van der Waals surface area (Å²) in [4.78, 5) is 10.5. The van der Waals surface area contributed by atoms with Gasteiger partial charge in [0.25, 0.3) is 0 Å². The second kappa shape index (κ2) is 4.77. The maximum atomic E-state index is 12.4. The highest BCUT2D eigenvalue weighted by atomic mass is 35.5. The largest absolute Gasteiger partial charge is 0.433 e. The van der Waals surface area contributed by atoms with Crippen LogP contribution in [0.1, 0.15) is 5.69 Å². The lowest BCUT2D eigenvalue weighted by atomic mass is 10.4. The summed E-state index contributed by atoms with van der Waals surface area (Å²) in [5.74, 6) is 0.193. The average Bonchev–Trinajstić information content (AvgIpc) is 2.31. The Morgan fingerprint density at radius 1 is 1.11 bits per heavy atom. The van der Waals surface area contributed by atoms with Crippen molar-refractivity contribution in [1.82, 2.24) is 15.0 Å². The molecular formula is C10H5ClF3N3O. The summed E-state index contributed by atoms with van der Waals surface area (Å²) in [6.45, 7) is 0. The van der Waals surface area contributed by atoms with Gasteiger partial charge in [0.05, 0.1) is 6.20 Å². The molecule has 0 saturated heterocycles. The molecule has 0 saturated carbocycles. The highest BCUT2D eigenvalue weighted by Gasteiger charge is 2.33. The van der Waals surface area contributed by atoms with Gasteiger partial charge in [-0.3, -0.25) is 0 Å². The summed E-state index contributed by atoms with van der Waals surface area (Å²) in [6, 6.07) is 3.23. The molecule has 0 unspecified atom stereocenters. The molecule has 2 aromatic heterocycles. The number of halogens is 4. The fourth-order valence-corrected chi connectivity index (χ4v) is 1.19. The Morgan fingerprint density at radius 3 is 2.50 bits per heavy atom. The highest BCUT2D eigenvalue weighted by Crippen LogP contribution is 2.28. The van der Waals surface area contributed by atoms with Crippen LogP contribution in [0.15, 0.2) is 30.6 Å². The second-order valence-corrected chi connectivity index (χ2v) is 3.53. The molecule has 0 radical (unpaired) electrons. The third-order valence-corrected chi connectivity index (χ3v) is 2.06. The minimum Gasteiger partial charge on any atom is -0.423 e. The van der Waals surface area contributed by atoms with E-state index in [4.69, 9.17) is 16.3 Å². The minimum absolute atomic E-state index is 0.193. The molecule has 2 heterocycles. The summed E-state index contributed by atoms with van der Waals surface area (Å²) >= 11 is 5.55. The number of aromatic nitrogens is 3. The van der Waals surface area contributed by atoms with Gasteiger partial charge in [0.1, 0.15) is 10.9 Å². The Kier molecular flexibility index (Phi) is 3.33. The van der Waals surface area contributed by atoms with E-state index in [2.05, 4.69) is 15.0 Å². The van der Waals surface area contributed by atoms with E-state index in [0.717, 1.165) is 12.3 Å². The molecule has 0 amide bonds. The number of hydrogen-bond donors (Lipinski definition) is 0. The Morgan fingerprint density at radius 2 is 1.89 bits per heavy atom. The van der Waals surface area contributed by atoms with E-state index in [1.165, 1.54) is 18.3 Å². The zero-order chi connectivity index (χ0) is 13.2.